The molecule has 0 bridgehead atoms. The average molecular weight is 369 g/mol. The van der Waals surface area contributed by atoms with E-state index >= 15 is 0 Å². The lowest BCUT2D eigenvalue weighted by molar-refractivity contribution is 0.601. The molecule has 10 heteroatoms. The van der Waals surface area contributed by atoms with Crippen LogP contribution in [0.1, 0.15) is 5.82 Å². The third-order valence-electron chi connectivity index (χ3n) is 4.00. The van der Waals surface area contributed by atoms with E-state index in [0.29, 0.717) is 22.8 Å². The summed E-state index contributed by atoms with van der Waals surface area (Å²) in [5, 5.41) is 12.7. The van der Waals surface area contributed by atoms with Crippen molar-refractivity contribution in [3.63, 3.8) is 0 Å². The van der Waals surface area contributed by atoms with Gasteiger partial charge in [0.2, 0.25) is 0 Å². The van der Waals surface area contributed by atoms with Crippen molar-refractivity contribution in [2.75, 3.05) is 4.72 Å². The van der Waals surface area contributed by atoms with Gasteiger partial charge in [0.1, 0.15) is 22.9 Å². The van der Waals surface area contributed by atoms with Crippen LogP contribution in [0.2, 0.25) is 0 Å². The molecule has 26 heavy (non-hydrogen) atoms. The Morgan fingerprint density at radius 1 is 1.12 bits per heavy atom. The summed E-state index contributed by atoms with van der Waals surface area (Å²) < 4.78 is 31.4. The zero-order chi connectivity index (χ0) is 18.3. The van der Waals surface area contributed by atoms with E-state index in [9.17, 15) is 8.42 Å². The quantitative estimate of drug-likeness (QED) is 0.586. The number of anilines is 1. The second-order valence-corrected chi connectivity index (χ2v) is 7.40. The minimum Gasteiger partial charge on any atom is -0.277 e. The van der Waals surface area contributed by atoms with Crippen LogP contribution < -0.4 is 4.72 Å². The molecule has 0 aliphatic rings. The Hall–Kier alpha value is -3.27. The standard InChI is InChI=1S/C16H15N7O2S/c1-11-20-18-10-23(11)15-7-6-13(9-17-15)26(24,25)21-14-5-3-4-12-8-19-22(2)16(12)14/h3-10,21H,1-2H3. The fraction of sp³-hybridized carbons (Fsp3) is 0.125. The third kappa shape index (κ3) is 2.69. The van der Waals surface area contributed by atoms with Gasteiger partial charge in [-0.2, -0.15) is 5.10 Å². The van der Waals surface area contributed by atoms with Crippen molar-refractivity contribution in [2.45, 2.75) is 11.8 Å². The van der Waals surface area contributed by atoms with Crippen LogP contribution in [0.4, 0.5) is 5.69 Å². The highest BCUT2D eigenvalue weighted by Gasteiger charge is 2.18. The van der Waals surface area contributed by atoms with Crippen LogP contribution in [0.5, 0.6) is 0 Å². The molecule has 9 nitrogen and oxygen atoms in total. The van der Waals surface area contributed by atoms with Gasteiger partial charge in [0.15, 0.2) is 0 Å². The maximum Gasteiger partial charge on any atom is 0.263 e. The van der Waals surface area contributed by atoms with Crippen molar-refractivity contribution < 1.29 is 8.42 Å². The Bertz CT molecular complexity index is 1190. The summed E-state index contributed by atoms with van der Waals surface area (Å²) >= 11 is 0. The molecule has 0 saturated heterocycles. The third-order valence-corrected chi connectivity index (χ3v) is 5.35. The van der Waals surface area contributed by atoms with Crippen molar-refractivity contribution in [1.82, 2.24) is 29.5 Å². The van der Waals surface area contributed by atoms with Gasteiger partial charge >= 0.3 is 0 Å². The molecule has 3 aromatic heterocycles. The summed E-state index contributed by atoms with van der Waals surface area (Å²) in [4.78, 5) is 4.27. The van der Waals surface area contributed by atoms with Crippen molar-refractivity contribution in [3.8, 4) is 5.82 Å². The first-order chi connectivity index (χ1) is 12.5. The molecule has 3 heterocycles. The number of hydrogen-bond acceptors (Lipinski definition) is 6. The smallest absolute Gasteiger partial charge is 0.263 e. The maximum atomic E-state index is 12.7. The van der Waals surface area contributed by atoms with Crippen molar-refractivity contribution in [1.29, 1.82) is 0 Å². The van der Waals surface area contributed by atoms with E-state index in [1.807, 2.05) is 6.07 Å². The highest BCUT2D eigenvalue weighted by atomic mass is 32.2. The first-order valence-electron chi connectivity index (χ1n) is 7.72. The molecule has 0 amide bonds. The lowest BCUT2D eigenvalue weighted by Crippen LogP contribution is -2.14. The number of benzene rings is 1. The predicted molar refractivity (Wildman–Crippen MR) is 95.4 cm³/mol. The largest absolute Gasteiger partial charge is 0.277 e. The number of nitrogens with zero attached hydrogens (tertiary/aromatic N) is 6. The number of aromatic nitrogens is 6. The summed E-state index contributed by atoms with van der Waals surface area (Å²) in [6, 6.07) is 8.45. The minimum absolute atomic E-state index is 0.0612. The number of nitrogens with one attached hydrogen (secondary N) is 1. The fourth-order valence-corrected chi connectivity index (χ4v) is 3.72. The summed E-state index contributed by atoms with van der Waals surface area (Å²) in [7, 11) is -2.03. The highest BCUT2D eigenvalue weighted by Crippen LogP contribution is 2.25. The number of aryl methyl sites for hydroxylation is 2. The van der Waals surface area contributed by atoms with Crippen molar-refractivity contribution in [3.05, 3.63) is 54.9 Å². The van der Waals surface area contributed by atoms with Crippen LogP contribution in [0.3, 0.4) is 0 Å². The molecule has 0 spiro atoms. The monoisotopic (exact) mass is 369 g/mol. The second kappa shape index (κ2) is 5.92. The average Bonchev–Trinajstić information content (AvgIpc) is 3.21. The van der Waals surface area contributed by atoms with E-state index in [1.165, 1.54) is 18.6 Å². The van der Waals surface area contributed by atoms with Crippen molar-refractivity contribution >= 4 is 26.6 Å². The van der Waals surface area contributed by atoms with Crippen LogP contribution in [0.15, 0.2) is 53.9 Å². The zero-order valence-electron chi connectivity index (χ0n) is 14.0. The van der Waals surface area contributed by atoms with Gasteiger partial charge in [-0.3, -0.25) is 14.0 Å². The van der Waals surface area contributed by atoms with E-state index in [2.05, 4.69) is 25.0 Å². The Labute approximate surface area is 149 Å². The van der Waals surface area contributed by atoms with Crippen molar-refractivity contribution in [2.24, 2.45) is 7.05 Å². The predicted octanol–water partition coefficient (Wildman–Crippen LogP) is 1.66. The first-order valence-corrected chi connectivity index (χ1v) is 9.20. The number of rotatable bonds is 4. The van der Waals surface area contributed by atoms with E-state index in [1.54, 1.807) is 47.6 Å². The lowest BCUT2D eigenvalue weighted by Gasteiger charge is -2.10. The summed E-state index contributed by atoms with van der Waals surface area (Å²) in [6.07, 6.45) is 4.51. The molecule has 1 aromatic carbocycles. The van der Waals surface area contributed by atoms with Gasteiger partial charge in [-0.15, -0.1) is 10.2 Å². The lowest BCUT2D eigenvalue weighted by atomic mass is 10.2. The number of fused-ring (bicyclic) bond motifs is 1. The maximum absolute atomic E-state index is 12.7. The number of sulfonamides is 1. The highest BCUT2D eigenvalue weighted by molar-refractivity contribution is 7.92. The molecule has 0 aliphatic heterocycles. The fourth-order valence-electron chi connectivity index (χ4n) is 2.71. The van der Waals surface area contributed by atoms with Gasteiger partial charge in [0.05, 0.1) is 17.4 Å². The first kappa shape index (κ1) is 16.2. The second-order valence-electron chi connectivity index (χ2n) is 5.72. The summed E-state index contributed by atoms with van der Waals surface area (Å²) in [5.41, 5.74) is 1.17. The molecule has 0 atom stereocenters. The molecule has 1 N–H and O–H groups in total. The molecular weight excluding hydrogens is 354 g/mol. The van der Waals surface area contributed by atoms with E-state index in [-0.39, 0.29) is 4.90 Å². The molecule has 0 fully saturated rings. The van der Waals surface area contributed by atoms with Gasteiger partial charge in [-0.1, -0.05) is 12.1 Å². The van der Waals surface area contributed by atoms with Gasteiger partial charge in [-0.25, -0.2) is 13.4 Å². The molecular formula is C16H15N7O2S. The number of hydrogen-bond donors (Lipinski definition) is 1. The summed E-state index contributed by atoms with van der Waals surface area (Å²) in [6.45, 7) is 1.79. The molecule has 132 valence electrons. The normalized spacial score (nSPS) is 11.8. The Balaban J connectivity index is 1.68. The van der Waals surface area contributed by atoms with Gasteiger partial charge < -0.3 is 0 Å². The van der Waals surface area contributed by atoms with Gasteiger partial charge in [0.25, 0.3) is 10.0 Å². The topological polar surface area (TPSA) is 108 Å². The van der Waals surface area contributed by atoms with Crippen LogP contribution in [0, 0.1) is 6.92 Å². The molecule has 0 saturated carbocycles. The molecule has 0 unspecified atom stereocenters. The Kier molecular flexibility index (Phi) is 3.69. The van der Waals surface area contributed by atoms with Crippen LogP contribution in [0.25, 0.3) is 16.7 Å². The van der Waals surface area contributed by atoms with Gasteiger partial charge in [0, 0.05) is 18.6 Å². The number of pyridine rings is 1. The molecule has 4 aromatic rings. The van der Waals surface area contributed by atoms with Crippen LogP contribution in [-0.4, -0.2) is 37.9 Å². The molecule has 0 radical (unpaired) electrons. The molecule has 0 aliphatic carbocycles. The van der Waals surface area contributed by atoms with E-state index in [4.69, 9.17) is 0 Å². The number of para-hydroxylation sites is 1. The van der Waals surface area contributed by atoms with Crippen LogP contribution in [-0.2, 0) is 17.1 Å². The Morgan fingerprint density at radius 2 is 1.96 bits per heavy atom. The van der Waals surface area contributed by atoms with E-state index < -0.39 is 10.0 Å². The SMILES string of the molecule is Cc1nncn1-c1ccc(S(=O)(=O)Nc2cccc3cnn(C)c23)cn1. The minimum atomic E-state index is -3.79. The molecule has 4 rings (SSSR count). The zero-order valence-corrected chi connectivity index (χ0v) is 14.8. The van der Waals surface area contributed by atoms with E-state index in [0.717, 1.165) is 5.39 Å². The van der Waals surface area contributed by atoms with Crippen LogP contribution >= 0.6 is 0 Å². The summed E-state index contributed by atoms with van der Waals surface area (Å²) in [5.74, 6) is 1.20. The van der Waals surface area contributed by atoms with Gasteiger partial charge in [-0.05, 0) is 25.1 Å². The Morgan fingerprint density at radius 3 is 2.65 bits per heavy atom.